The fourth-order valence-corrected chi connectivity index (χ4v) is 3.41. The third kappa shape index (κ3) is 3.25. The normalized spacial score (nSPS) is 31.8. The molecule has 0 spiro atoms. The van der Waals surface area contributed by atoms with Gasteiger partial charge in [-0.05, 0) is 55.9 Å². The van der Waals surface area contributed by atoms with Crippen molar-refractivity contribution >= 4 is 0 Å². The summed E-state index contributed by atoms with van der Waals surface area (Å²) in [5.41, 5.74) is 3.05. The highest BCUT2D eigenvalue weighted by molar-refractivity contribution is 5.27. The first kappa shape index (κ1) is 13.4. The van der Waals surface area contributed by atoms with E-state index >= 15 is 0 Å². The summed E-state index contributed by atoms with van der Waals surface area (Å²) in [6, 6.07) is 0. The van der Waals surface area contributed by atoms with E-state index in [1.807, 2.05) is 6.08 Å². The van der Waals surface area contributed by atoms with Crippen molar-refractivity contribution < 1.29 is 0 Å². The van der Waals surface area contributed by atoms with Crippen LogP contribution >= 0.6 is 0 Å². The molecule has 0 heterocycles. The van der Waals surface area contributed by atoms with E-state index in [9.17, 15) is 0 Å². The van der Waals surface area contributed by atoms with Gasteiger partial charge in [0.25, 0.3) is 0 Å². The lowest BCUT2D eigenvalue weighted by molar-refractivity contribution is 0.324. The highest BCUT2D eigenvalue weighted by Gasteiger charge is 2.25. The van der Waals surface area contributed by atoms with Gasteiger partial charge in [-0.2, -0.15) is 0 Å². The predicted octanol–water partition coefficient (Wildman–Crippen LogP) is 5.45. The van der Waals surface area contributed by atoms with E-state index < -0.39 is 0 Å². The summed E-state index contributed by atoms with van der Waals surface area (Å²) in [6.45, 7) is 8.48. The second-order valence-electron chi connectivity index (χ2n) is 5.93. The van der Waals surface area contributed by atoms with Crippen LogP contribution in [0.4, 0.5) is 0 Å². The highest BCUT2D eigenvalue weighted by atomic mass is 14.3. The standard InChI is InChI=1S/C18H26/c1-4-7-16-8-6-9-17(13-16)18-11-14(3)10-15(5-2)12-18/h4,6,8,11,13,15,17-18H,1,5,7,9-10,12H2,2-3H3/t15?,17?,18-/m1/s1. The lowest BCUT2D eigenvalue weighted by Gasteiger charge is -2.32. The molecule has 0 fully saturated rings. The van der Waals surface area contributed by atoms with Gasteiger partial charge in [-0.1, -0.05) is 49.3 Å². The molecule has 0 saturated carbocycles. The molecule has 0 heteroatoms. The third-order valence-corrected chi connectivity index (χ3v) is 4.39. The lowest BCUT2D eigenvalue weighted by Crippen LogP contribution is -2.20. The highest BCUT2D eigenvalue weighted by Crippen LogP contribution is 2.37. The molecular formula is C18H26. The van der Waals surface area contributed by atoms with Gasteiger partial charge in [0.05, 0.1) is 0 Å². The molecule has 3 atom stereocenters. The van der Waals surface area contributed by atoms with E-state index in [2.05, 4.69) is 44.7 Å². The molecule has 0 N–H and O–H groups in total. The minimum absolute atomic E-state index is 0.717. The third-order valence-electron chi connectivity index (χ3n) is 4.39. The van der Waals surface area contributed by atoms with Crippen LogP contribution in [0.15, 0.2) is 48.1 Å². The van der Waals surface area contributed by atoms with Gasteiger partial charge in [-0.25, -0.2) is 0 Å². The van der Waals surface area contributed by atoms with Crippen molar-refractivity contribution in [1.82, 2.24) is 0 Å². The average molecular weight is 242 g/mol. The van der Waals surface area contributed by atoms with Crippen molar-refractivity contribution in [1.29, 1.82) is 0 Å². The van der Waals surface area contributed by atoms with Crippen LogP contribution in [-0.2, 0) is 0 Å². The summed E-state index contributed by atoms with van der Waals surface area (Å²) in [6.07, 6.45) is 17.9. The second kappa shape index (κ2) is 6.22. The summed E-state index contributed by atoms with van der Waals surface area (Å²) in [7, 11) is 0. The van der Waals surface area contributed by atoms with Crippen LogP contribution in [0.25, 0.3) is 0 Å². The fraction of sp³-hybridized carbons (Fsp3) is 0.556. The maximum Gasteiger partial charge on any atom is -0.0103 e. The van der Waals surface area contributed by atoms with Gasteiger partial charge >= 0.3 is 0 Å². The van der Waals surface area contributed by atoms with E-state index in [0.717, 1.165) is 18.3 Å². The number of allylic oxidation sites excluding steroid dienone is 7. The molecule has 0 aromatic rings. The minimum Gasteiger partial charge on any atom is -0.103 e. The van der Waals surface area contributed by atoms with Gasteiger partial charge in [0.2, 0.25) is 0 Å². The van der Waals surface area contributed by atoms with Crippen LogP contribution in [0.5, 0.6) is 0 Å². The maximum absolute atomic E-state index is 3.84. The lowest BCUT2D eigenvalue weighted by atomic mass is 9.73. The number of rotatable bonds is 4. The Morgan fingerprint density at radius 1 is 1.33 bits per heavy atom. The Hall–Kier alpha value is -1.04. The van der Waals surface area contributed by atoms with E-state index in [1.54, 1.807) is 5.57 Å². The Labute approximate surface area is 112 Å². The van der Waals surface area contributed by atoms with Crippen molar-refractivity contribution in [2.75, 3.05) is 0 Å². The summed E-state index contributed by atoms with van der Waals surface area (Å²) in [5.74, 6) is 2.38. The topological polar surface area (TPSA) is 0 Å². The molecule has 18 heavy (non-hydrogen) atoms. The quantitative estimate of drug-likeness (QED) is 0.575. The number of hydrogen-bond acceptors (Lipinski definition) is 0. The first-order valence-electron chi connectivity index (χ1n) is 7.38. The molecule has 0 radical (unpaired) electrons. The fourth-order valence-electron chi connectivity index (χ4n) is 3.41. The van der Waals surface area contributed by atoms with Crippen molar-refractivity contribution in [3.05, 3.63) is 48.1 Å². The van der Waals surface area contributed by atoms with E-state index in [-0.39, 0.29) is 0 Å². The van der Waals surface area contributed by atoms with Crippen LogP contribution in [0.2, 0.25) is 0 Å². The predicted molar refractivity (Wildman–Crippen MR) is 80.4 cm³/mol. The van der Waals surface area contributed by atoms with E-state index in [4.69, 9.17) is 0 Å². The molecule has 2 aliphatic rings. The Morgan fingerprint density at radius 2 is 2.17 bits per heavy atom. The van der Waals surface area contributed by atoms with Crippen molar-refractivity contribution in [3.63, 3.8) is 0 Å². The molecule has 0 aliphatic heterocycles. The van der Waals surface area contributed by atoms with Gasteiger partial charge in [0, 0.05) is 0 Å². The van der Waals surface area contributed by atoms with Gasteiger partial charge in [-0.15, -0.1) is 6.58 Å². The summed E-state index contributed by atoms with van der Waals surface area (Å²) >= 11 is 0. The second-order valence-corrected chi connectivity index (χ2v) is 5.93. The van der Waals surface area contributed by atoms with Gasteiger partial charge in [-0.3, -0.25) is 0 Å². The minimum atomic E-state index is 0.717. The first-order valence-corrected chi connectivity index (χ1v) is 7.38. The SMILES string of the molecule is C=CCC1=CC([C@@H]2C=C(C)CC(CC)C2)CC=C1. The molecule has 0 aromatic heterocycles. The Balaban J connectivity index is 2.09. The molecule has 2 unspecified atom stereocenters. The van der Waals surface area contributed by atoms with Gasteiger partial charge in [0.15, 0.2) is 0 Å². The monoisotopic (exact) mass is 242 g/mol. The van der Waals surface area contributed by atoms with Gasteiger partial charge in [0.1, 0.15) is 0 Å². The van der Waals surface area contributed by atoms with Crippen LogP contribution < -0.4 is 0 Å². The number of hydrogen-bond donors (Lipinski definition) is 0. The Morgan fingerprint density at radius 3 is 2.89 bits per heavy atom. The molecule has 0 bridgehead atoms. The van der Waals surface area contributed by atoms with Gasteiger partial charge < -0.3 is 0 Å². The van der Waals surface area contributed by atoms with Crippen LogP contribution in [0.1, 0.15) is 46.0 Å². The van der Waals surface area contributed by atoms with Crippen LogP contribution in [-0.4, -0.2) is 0 Å². The Bertz CT molecular complexity index is 381. The maximum atomic E-state index is 3.84. The summed E-state index contributed by atoms with van der Waals surface area (Å²) in [4.78, 5) is 0. The molecule has 98 valence electrons. The molecule has 2 rings (SSSR count). The average Bonchev–Trinajstić information content (AvgIpc) is 2.39. The molecule has 0 saturated heterocycles. The van der Waals surface area contributed by atoms with E-state index in [0.29, 0.717) is 5.92 Å². The summed E-state index contributed by atoms with van der Waals surface area (Å²) < 4.78 is 0. The molecular weight excluding hydrogens is 216 g/mol. The first-order chi connectivity index (χ1) is 8.72. The molecule has 0 nitrogen and oxygen atoms in total. The zero-order valence-corrected chi connectivity index (χ0v) is 11.9. The summed E-state index contributed by atoms with van der Waals surface area (Å²) in [5, 5.41) is 0. The van der Waals surface area contributed by atoms with Crippen molar-refractivity contribution in [2.24, 2.45) is 17.8 Å². The largest absolute Gasteiger partial charge is 0.103 e. The zero-order chi connectivity index (χ0) is 13.0. The molecule has 0 amide bonds. The smallest absolute Gasteiger partial charge is 0.0103 e. The van der Waals surface area contributed by atoms with Crippen molar-refractivity contribution in [2.45, 2.75) is 46.0 Å². The Kier molecular flexibility index (Phi) is 4.63. The molecule has 0 aromatic carbocycles. The molecule has 2 aliphatic carbocycles. The van der Waals surface area contributed by atoms with E-state index in [1.165, 1.54) is 31.3 Å². The van der Waals surface area contributed by atoms with Crippen LogP contribution in [0.3, 0.4) is 0 Å². The van der Waals surface area contributed by atoms with Crippen molar-refractivity contribution in [3.8, 4) is 0 Å². The zero-order valence-electron chi connectivity index (χ0n) is 11.9. The van der Waals surface area contributed by atoms with Crippen LogP contribution in [0, 0.1) is 17.8 Å².